The lowest BCUT2D eigenvalue weighted by Gasteiger charge is -2.18. The van der Waals surface area contributed by atoms with Crippen LogP contribution < -0.4 is 10.3 Å². The maximum Gasteiger partial charge on any atom is 0.344 e. The highest BCUT2D eigenvalue weighted by molar-refractivity contribution is 7.90. The van der Waals surface area contributed by atoms with Gasteiger partial charge in [0, 0.05) is 19.0 Å². The molecule has 1 N–H and O–H groups in total. The molecule has 0 fully saturated rings. The lowest BCUT2D eigenvalue weighted by atomic mass is 10.0. The number of fused-ring (bicyclic) bond motifs is 1. The van der Waals surface area contributed by atoms with Crippen molar-refractivity contribution in [2.75, 3.05) is 25.4 Å². The van der Waals surface area contributed by atoms with Gasteiger partial charge in [0.15, 0.2) is 0 Å². The largest absolute Gasteiger partial charge is 0.469 e. The van der Waals surface area contributed by atoms with Crippen LogP contribution in [0, 0.1) is 6.92 Å². The number of methoxy groups -OCH3 is 1. The third-order valence-corrected chi connectivity index (χ3v) is 6.11. The van der Waals surface area contributed by atoms with E-state index in [2.05, 4.69) is 9.46 Å². The molecule has 0 amide bonds. The fraction of sp³-hybridized carbons (Fsp3) is 0.238. The highest BCUT2D eigenvalue weighted by Gasteiger charge is 2.19. The summed E-state index contributed by atoms with van der Waals surface area (Å²) in [4.78, 5) is 23.6. The Kier molecular flexibility index (Phi) is 6.23. The Morgan fingerprint density at radius 1 is 1.13 bits per heavy atom. The molecule has 3 rings (SSSR count). The van der Waals surface area contributed by atoms with Gasteiger partial charge in [-0.1, -0.05) is 29.8 Å². The van der Waals surface area contributed by atoms with Crippen molar-refractivity contribution in [3.8, 4) is 11.1 Å². The van der Waals surface area contributed by atoms with E-state index in [1.54, 1.807) is 12.1 Å². The predicted octanol–water partition coefficient (Wildman–Crippen LogP) is 2.92. The molecule has 2 aromatic carbocycles. The van der Waals surface area contributed by atoms with E-state index in [0.717, 1.165) is 9.87 Å². The minimum atomic E-state index is -3.88. The molecule has 9 heteroatoms. The van der Waals surface area contributed by atoms with Crippen molar-refractivity contribution in [3.63, 3.8) is 0 Å². The Bertz CT molecular complexity index is 1230. The smallest absolute Gasteiger partial charge is 0.344 e. The number of nitrogens with zero attached hydrogens (tertiary/aromatic N) is 1. The van der Waals surface area contributed by atoms with Gasteiger partial charge in [0.1, 0.15) is 5.58 Å². The highest BCUT2D eigenvalue weighted by atomic mass is 32.2. The van der Waals surface area contributed by atoms with Crippen LogP contribution in [0.1, 0.15) is 12.0 Å². The normalized spacial score (nSPS) is 11.6. The number of rotatable bonds is 7. The Morgan fingerprint density at radius 3 is 2.50 bits per heavy atom. The summed E-state index contributed by atoms with van der Waals surface area (Å²) in [5.41, 5.74) is 2.34. The van der Waals surface area contributed by atoms with E-state index in [4.69, 9.17) is 4.42 Å². The number of aryl methyl sites for hydroxylation is 1. The molecule has 0 aliphatic rings. The van der Waals surface area contributed by atoms with Crippen molar-refractivity contribution >= 4 is 32.8 Å². The van der Waals surface area contributed by atoms with Gasteiger partial charge in [0.25, 0.3) is 0 Å². The summed E-state index contributed by atoms with van der Waals surface area (Å²) in [6.07, 6.45) is -0.0588. The molecule has 1 aromatic heterocycles. The van der Waals surface area contributed by atoms with Crippen molar-refractivity contribution in [2.45, 2.75) is 13.3 Å². The molecule has 158 valence electrons. The lowest BCUT2D eigenvalue weighted by molar-refractivity contribution is -0.140. The van der Waals surface area contributed by atoms with Crippen LogP contribution in [-0.4, -0.2) is 39.4 Å². The summed E-state index contributed by atoms with van der Waals surface area (Å²) in [6.45, 7) is 1.93. The van der Waals surface area contributed by atoms with E-state index >= 15 is 0 Å². The Hall–Kier alpha value is -3.17. The van der Waals surface area contributed by atoms with Crippen molar-refractivity contribution in [3.05, 3.63) is 64.5 Å². The van der Waals surface area contributed by atoms with Crippen LogP contribution in [0.2, 0.25) is 0 Å². The van der Waals surface area contributed by atoms with E-state index in [1.807, 2.05) is 31.2 Å². The zero-order valence-electron chi connectivity index (χ0n) is 16.8. The molecule has 0 aliphatic carbocycles. The quantitative estimate of drug-likeness (QED) is 0.456. The third kappa shape index (κ3) is 4.87. The molecule has 1 heterocycles. The van der Waals surface area contributed by atoms with Crippen molar-refractivity contribution < 1.29 is 22.4 Å². The molecule has 0 atom stereocenters. The molecule has 0 saturated heterocycles. The fourth-order valence-electron chi connectivity index (χ4n) is 2.82. The van der Waals surface area contributed by atoms with Crippen LogP contribution in [0.3, 0.4) is 0 Å². The summed E-state index contributed by atoms with van der Waals surface area (Å²) < 4.78 is 38.4. The molecular formula is C21H22N2O6S. The van der Waals surface area contributed by atoms with E-state index in [0.29, 0.717) is 27.8 Å². The average Bonchev–Trinajstić information content (AvgIpc) is 2.71. The molecular weight excluding hydrogens is 408 g/mol. The molecule has 8 nitrogen and oxygen atoms in total. The van der Waals surface area contributed by atoms with Gasteiger partial charge in [-0.2, -0.15) is 12.7 Å². The summed E-state index contributed by atoms with van der Waals surface area (Å²) in [7, 11) is -1.27. The van der Waals surface area contributed by atoms with Crippen LogP contribution in [0.25, 0.3) is 22.1 Å². The molecule has 3 aromatic rings. The van der Waals surface area contributed by atoms with Gasteiger partial charge in [-0.15, -0.1) is 0 Å². The minimum absolute atomic E-state index is 0.0258. The summed E-state index contributed by atoms with van der Waals surface area (Å²) in [5, 5.41) is 0.572. The van der Waals surface area contributed by atoms with Gasteiger partial charge in [-0.05, 0) is 36.8 Å². The zero-order chi connectivity index (χ0) is 21.9. The fourth-order valence-corrected chi connectivity index (χ4v) is 3.73. The van der Waals surface area contributed by atoms with Gasteiger partial charge < -0.3 is 9.15 Å². The summed E-state index contributed by atoms with van der Waals surface area (Å²) >= 11 is 0. The van der Waals surface area contributed by atoms with Crippen LogP contribution >= 0.6 is 0 Å². The van der Waals surface area contributed by atoms with Crippen LogP contribution in [0.5, 0.6) is 0 Å². The number of carbonyl (C=O) groups excluding carboxylic acids is 1. The first-order valence-electron chi connectivity index (χ1n) is 9.15. The van der Waals surface area contributed by atoms with Gasteiger partial charge in [-0.25, -0.2) is 4.79 Å². The van der Waals surface area contributed by atoms with Crippen molar-refractivity contribution in [2.24, 2.45) is 0 Å². The first kappa shape index (κ1) is 21.5. The number of nitrogens with one attached hydrogen (secondary N) is 1. The topological polar surface area (TPSA) is 106 Å². The van der Waals surface area contributed by atoms with Crippen molar-refractivity contribution in [1.29, 1.82) is 0 Å². The van der Waals surface area contributed by atoms with Gasteiger partial charge in [-0.3, -0.25) is 9.52 Å². The van der Waals surface area contributed by atoms with E-state index in [-0.39, 0.29) is 13.0 Å². The maximum absolute atomic E-state index is 12.5. The van der Waals surface area contributed by atoms with Gasteiger partial charge in [0.05, 0.1) is 24.8 Å². The first-order chi connectivity index (χ1) is 14.2. The molecule has 0 bridgehead atoms. The zero-order valence-corrected chi connectivity index (χ0v) is 17.7. The number of hydrogen-bond donors (Lipinski definition) is 1. The molecule has 0 spiro atoms. The SMILES string of the molecule is COC(=O)CCN(C)S(=O)(=O)Nc1ccc2oc(=O)c(-c3ccc(C)cc3)cc2c1. The van der Waals surface area contributed by atoms with Gasteiger partial charge in [0.2, 0.25) is 0 Å². The van der Waals surface area contributed by atoms with Crippen LogP contribution in [0.4, 0.5) is 5.69 Å². The van der Waals surface area contributed by atoms with Gasteiger partial charge >= 0.3 is 21.8 Å². The number of benzene rings is 2. The second-order valence-corrected chi connectivity index (χ2v) is 8.60. The third-order valence-electron chi connectivity index (χ3n) is 4.61. The molecule has 30 heavy (non-hydrogen) atoms. The number of anilines is 1. The Labute approximate surface area is 174 Å². The first-order valence-corrected chi connectivity index (χ1v) is 10.6. The number of hydrogen-bond acceptors (Lipinski definition) is 6. The molecule has 0 saturated carbocycles. The maximum atomic E-state index is 12.5. The number of carbonyl (C=O) groups is 1. The minimum Gasteiger partial charge on any atom is -0.469 e. The summed E-state index contributed by atoms with van der Waals surface area (Å²) in [6, 6.07) is 13.7. The second-order valence-electron chi connectivity index (χ2n) is 6.82. The Morgan fingerprint density at radius 2 is 1.83 bits per heavy atom. The standard InChI is InChI=1S/C21H22N2O6S/c1-14-4-6-15(7-5-14)18-13-16-12-17(8-9-19(16)29-21(18)25)22-30(26,27)23(2)11-10-20(24)28-3/h4-9,12-13,22H,10-11H2,1-3H3. The predicted molar refractivity (Wildman–Crippen MR) is 114 cm³/mol. The van der Waals surface area contributed by atoms with Crippen LogP contribution in [-0.2, 0) is 19.7 Å². The van der Waals surface area contributed by atoms with E-state index in [9.17, 15) is 18.0 Å². The second kappa shape index (κ2) is 8.68. The molecule has 0 radical (unpaired) electrons. The Balaban J connectivity index is 1.89. The summed E-state index contributed by atoms with van der Waals surface area (Å²) in [5.74, 6) is -0.499. The number of ether oxygens (including phenoxy) is 1. The lowest BCUT2D eigenvalue weighted by Crippen LogP contribution is -2.34. The molecule has 0 aliphatic heterocycles. The average molecular weight is 430 g/mol. The van der Waals surface area contributed by atoms with E-state index < -0.39 is 21.8 Å². The highest BCUT2D eigenvalue weighted by Crippen LogP contribution is 2.24. The monoisotopic (exact) mass is 430 g/mol. The molecule has 0 unspecified atom stereocenters. The number of esters is 1. The van der Waals surface area contributed by atoms with Crippen molar-refractivity contribution in [1.82, 2.24) is 4.31 Å². The van der Waals surface area contributed by atoms with E-state index in [1.165, 1.54) is 26.3 Å². The van der Waals surface area contributed by atoms with Crippen LogP contribution in [0.15, 0.2) is 57.7 Å².